The van der Waals surface area contributed by atoms with E-state index in [1.54, 1.807) is 4.90 Å². The number of halogens is 1. The van der Waals surface area contributed by atoms with Gasteiger partial charge in [-0.1, -0.05) is 17.3 Å². The topological polar surface area (TPSA) is 81.6 Å². The summed E-state index contributed by atoms with van der Waals surface area (Å²) in [6, 6.07) is 13.4. The Morgan fingerprint density at radius 2 is 1.97 bits per heavy atom. The van der Waals surface area contributed by atoms with Gasteiger partial charge in [-0.05, 0) is 75.0 Å². The van der Waals surface area contributed by atoms with Crippen LogP contribution in [-0.2, 0) is 6.42 Å². The summed E-state index contributed by atoms with van der Waals surface area (Å²) in [6.45, 7) is 2.94. The SMILES string of the molecule is Cc1cc(C2CCCCN2C(=O)c2cc(Oc3ccc(CCN)cc3)ccc2F)no1. The van der Waals surface area contributed by atoms with Crippen molar-refractivity contribution in [2.75, 3.05) is 13.1 Å². The Morgan fingerprint density at radius 3 is 2.68 bits per heavy atom. The third kappa shape index (κ3) is 4.77. The molecule has 1 saturated heterocycles. The molecule has 2 N–H and O–H groups in total. The first-order valence-corrected chi connectivity index (χ1v) is 10.6. The summed E-state index contributed by atoms with van der Waals surface area (Å²) in [4.78, 5) is 15.0. The second kappa shape index (κ2) is 9.31. The van der Waals surface area contributed by atoms with Crippen LogP contribution in [0.4, 0.5) is 4.39 Å². The number of amides is 1. The normalized spacial score (nSPS) is 16.4. The standard InChI is InChI=1S/C24H26FN3O3/c1-16-14-22(27-31-16)23-4-2-3-13-28(23)24(29)20-15-19(9-10-21(20)25)30-18-7-5-17(6-8-18)11-12-26/h5-10,14-15,23H,2-4,11-13,26H2,1H3. The summed E-state index contributed by atoms with van der Waals surface area (Å²) in [5, 5.41) is 4.09. The minimum Gasteiger partial charge on any atom is -0.457 e. The second-order valence-electron chi connectivity index (χ2n) is 7.80. The van der Waals surface area contributed by atoms with Crippen molar-refractivity contribution >= 4 is 5.91 Å². The molecule has 0 bridgehead atoms. The van der Waals surface area contributed by atoms with Crippen molar-refractivity contribution in [2.45, 2.75) is 38.6 Å². The summed E-state index contributed by atoms with van der Waals surface area (Å²) in [5.74, 6) is 0.761. The van der Waals surface area contributed by atoms with Crippen LogP contribution in [-0.4, -0.2) is 29.1 Å². The lowest BCUT2D eigenvalue weighted by Crippen LogP contribution is -2.39. The molecule has 0 aliphatic carbocycles. The van der Waals surface area contributed by atoms with Gasteiger partial charge in [0.05, 0.1) is 11.6 Å². The summed E-state index contributed by atoms with van der Waals surface area (Å²) < 4.78 is 25.7. The number of nitrogens with zero attached hydrogens (tertiary/aromatic N) is 2. The first-order valence-electron chi connectivity index (χ1n) is 10.6. The minimum absolute atomic E-state index is 0.00984. The van der Waals surface area contributed by atoms with E-state index in [2.05, 4.69) is 5.16 Å². The summed E-state index contributed by atoms with van der Waals surface area (Å²) in [5.41, 5.74) is 7.39. The van der Waals surface area contributed by atoms with Gasteiger partial charge in [0, 0.05) is 12.6 Å². The molecule has 1 aromatic heterocycles. The number of carbonyl (C=O) groups excluding carboxylic acids is 1. The third-order valence-electron chi connectivity index (χ3n) is 5.51. The molecule has 7 heteroatoms. The number of rotatable bonds is 6. The fraction of sp³-hybridized carbons (Fsp3) is 0.333. The van der Waals surface area contributed by atoms with Crippen LogP contribution in [0.2, 0.25) is 0 Å². The predicted octanol–water partition coefficient (Wildman–Crippen LogP) is 4.78. The number of hydrogen-bond acceptors (Lipinski definition) is 5. The number of ether oxygens (including phenoxy) is 1. The molecule has 1 fully saturated rings. The predicted molar refractivity (Wildman–Crippen MR) is 115 cm³/mol. The highest BCUT2D eigenvalue weighted by molar-refractivity contribution is 5.95. The second-order valence-corrected chi connectivity index (χ2v) is 7.80. The summed E-state index contributed by atoms with van der Waals surface area (Å²) in [7, 11) is 0. The van der Waals surface area contributed by atoms with E-state index >= 15 is 0 Å². The molecular formula is C24H26FN3O3. The van der Waals surface area contributed by atoms with Gasteiger partial charge in [-0.3, -0.25) is 4.79 Å². The molecule has 0 spiro atoms. The lowest BCUT2D eigenvalue weighted by atomic mass is 9.98. The van der Waals surface area contributed by atoms with Crippen molar-refractivity contribution in [3.8, 4) is 11.5 Å². The molecular weight excluding hydrogens is 397 g/mol. The molecule has 162 valence electrons. The highest BCUT2D eigenvalue weighted by Gasteiger charge is 2.32. The van der Waals surface area contributed by atoms with Gasteiger partial charge in [0.25, 0.3) is 5.91 Å². The smallest absolute Gasteiger partial charge is 0.257 e. The maximum atomic E-state index is 14.6. The molecule has 3 aromatic rings. The van der Waals surface area contributed by atoms with Crippen LogP contribution >= 0.6 is 0 Å². The molecule has 2 aromatic carbocycles. The first-order chi connectivity index (χ1) is 15.0. The van der Waals surface area contributed by atoms with Crippen molar-refractivity contribution < 1.29 is 18.4 Å². The van der Waals surface area contributed by atoms with E-state index in [0.717, 1.165) is 31.2 Å². The molecule has 1 aliphatic rings. The largest absolute Gasteiger partial charge is 0.457 e. The zero-order chi connectivity index (χ0) is 21.8. The summed E-state index contributed by atoms with van der Waals surface area (Å²) in [6.07, 6.45) is 3.40. The van der Waals surface area contributed by atoms with Crippen LogP contribution in [0.15, 0.2) is 53.1 Å². The van der Waals surface area contributed by atoms with Crippen LogP contribution in [0.5, 0.6) is 11.5 Å². The molecule has 2 heterocycles. The Balaban J connectivity index is 1.56. The number of aryl methyl sites for hydroxylation is 1. The van der Waals surface area contributed by atoms with Crippen molar-refractivity contribution in [2.24, 2.45) is 5.73 Å². The van der Waals surface area contributed by atoms with Crippen LogP contribution in [0.1, 0.15) is 52.7 Å². The zero-order valence-electron chi connectivity index (χ0n) is 17.5. The molecule has 0 saturated carbocycles. The quantitative estimate of drug-likeness (QED) is 0.617. The Kier molecular flexibility index (Phi) is 6.32. The fourth-order valence-corrected chi connectivity index (χ4v) is 3.94. The Labute approximate surface area is 180 Å². The molecule has 6 nitrogen and oxygen atoms in total. The van der Waals surface area contributed by atoms with Crippen LogP contribution < -0.4 is 10.5 Å². The zero-order valence-corrected chi connectivity index (χ0v) is 17.5. The van der Waals surface area contributed by atoms with E-state index in [0.29, 0.717) is 36.0 Å². The molecule has 1 amide bonds. The maximum absolute atomic E-state index is 14.6. The summed E-state index contributed by atoms with van der Waals surface area (Å²) >= 11 is 0. The van der Waals surface area contributed by atoms with E-state index in [4.69, 9.17) is 15.0 Å². The van der Waals surface area contributed by atoms with Gasteiger partial charge in [0.1, 0.15) is 28.8 Å². The average Bonchev–Trinajstić information content (AvgIpc) is 3.22. The number of piperidine rings is 1. The van der Waals surface area contributed by atoms with Crippen molar-refractivity contribution in [1.82, 2.24) is 10.1 Å². The molecule has 1 aliphatic heterocycles. The molecule has 0 radical (unpaired) electrons. The van der Waals surface area contributed by atoms with E-state index in [9.17, 15) is 9.18 Å². The monoisotopic (exact) mass is 423 g/mol. The van der Waals surface area contributed by atoms with Gasteiger partial charge < -0.3 is 19.9 Å². The molecule has 31 heavy (non-hydrogen) atoms. The number of nitrogens with two attached hydrogens (primary N) is 1. The number of benzene rings is 2. The van der Waals surface area contributed by atoms with Crippen molar-refractivity contribution in [3.05, 3.63) is 76.9 Å². The lowest BCUT2D eigenvalue weighted by Gasteiger charge is -2.34. The minimum atomic E-state index is -0.573. The number of likely N-dealkylation sites (tertiary alicyclic amines) is 1. The Hall–Kier alpha value is -3.19. The Bertz CT molecular complexity index is 1050. The first kappa shape index (κ1) is 21.1. The van der Waals surface area contributed by atoms with E-state index < -0.39 is 5.82 Å². The van der Waals surface area contributed by atoms with Gasteiger partial charge in [-0.2, -0.15) is 0 Å². The van der Waals surface area contributed by atoms with E-state index in [1.165, 1.54) is 18.2 Å². The molecule has 4 rings (SSSR count). The molecule has 1 unspecified atom stereocenters. The number of hydrogen-bond donors (Lipinski definition) is 1. The Morgan fingerprint density at radius 1 is 1.19 bits per heavy atom. The van der Waals surface area contributed by atoms with Gasteiger partial charge in [0.2, 0.25) is 0 Å². The number of aromatic nitrogens is 1. The maximum Gasteiger partial charge on any atom is 0.257 e. The van der Waals surface area contributed by atoms with Crippen molar-refractivity contribution in [1.29, 1.82) is 0 Å². The average molecular weight is 423 g/mol. The van der Waals surface area contributed by atoms with Gasteiger partial charge in [-0.25, -0.2) is 4.39 Å². The highest BCUT2D eigenvalue weighted by atomic mass is 19.1. The van der Waals surface area contributed by atoms with Gasteiger partial charge in [0.15, 0.2) is 0 Å². The van der Waals surface area contributed by atoms with Crippen LogP contribution in [0.25, 0.3) is 0 Å². The van der Waals surface area contributed by atoms with E-state index in [-0.39, 0.29) is 17.5 Å². The van der Waals surface area contributed by atoms with Gasteiger partial charge >= 0.3 is 0 Å². The molecule has 1 atom stereocenters. The van der Waals surface area contributed by atoms with Gasteiger partial charge in [-0.15, -0.1) is 0 Å². The number of carbonyl (C=O) groups is 1. The van der Waals surface area contributed by atoms with Crippen LogP contribution in [0, 0.1) is 12.7 Å². The van der Waals surface area contributed by atoms with E-state index in [1.807, 2.05) is 37.3 Å². The highest BCUT2D eigenvalue weighted by Crippen LogP contribution is 2.33. The lowest BCUT2D eigenvalue weighted by molar-refractivity contribution is 0.0596. The third-order valence-corrected chi connectivity index (χ3v) is 5.51. The van der Waals surface area contributed by atoms with Crippen molar-refractivity contribution in [3.63, 3.8) is 0 Å². The fourth-order valence-electron chi connectivity index (χ4n) is 3.94. The van der Waals surface area contributed by atoms with Crippen LogP contribution in [0.3, 0.4) is 0 Å².